The molecule has 0 unspecified atom stereocenters. The van der Waals surface area contributed by atoms with E-state index in [0.717, 1.165) is 31.5 Å². The quantitative estimate of drug-likeness (QED) is 0.744. The molecule has 0 atom stereocenters. The number of hydrogen-bond acceptors (Lipinski definition) is 4. The second-order valence-corrected chi connectivity index (χ2v) is 7.40. The largest absolute Gasteiger partial charge is 0.381 e. The van der Waals surface area contributed by atoms with Crippen LogP contribution in [0.4, 0.5) is 0 Å². The molecule has 0 saturated carbocycles. The van der Waals surface area contributed by atoms with Gasteiger partial charge in [-0.2, -0.15) is 4.31 Å². The van der Waals surface area contributed by atoms with E-state index >= 15 is 0 Å². The van der Waals surface area contributed by atoms with Gasteiger partial charge in [-0.1, -0.05) is 6.92 Å². The van der Waals surface area contributed by atoms with Gasteiger partial charge in [-0.3, -0.25) is 0 Å². The zero-order valence-electron chi connectivity index (χ0n) is 12.8. The lowest BCUT2D eigenvalue weighted by Crippen LogP contribution is -2.40. The summed E-state index contributed by atoms with van der Waals surface area (Å²) in [7, 11) is -1.77. The van der Waals surface area contributed by atoms with Gasteiger partial charge in [0.15, 0.2) is 0 Å². The maximum atomic E-state index is 12.6. The van der Waals surface area contributed by atoms with E-state index < -0.39 is 10.0 Å². The first-order chi connectivity index (χ1) is 10.1. The van der Waals surface area contributed by atoms with Crippen molar-refractivity contribution in [2.45, 2.75) is 43.7 Å². The number of hydrogen-bond donors (Lipinski definition) is 2. The smallest absolute Gasteiger partial charge is 0.244 e. The Bertz CT molecular complexity index is 535. The maximum Gasteiger partial charge on any atom is 0.244 e. The summed E-state index contributed by atoms with van der Waals surface area (Å²) in [6, 6.07) is 1.74. The van der Waals surface area contributed by atoms with Crippen LogP contribution < -0.4 is 5.32 Å². The van der Waals surface area contributed by atoms with Gasteiger partial charge in [0.25, 0.3) is 0 Å². The van der Waals surface area contributed by atoms with Gasteiger partial charge in [-0.25, -0.2) is 8.42 Å². The number of sulfonamides is 1. The number of nitrogens with one attached hydrogen (secondary N) is 2. The van der Waals surface area contributed by atoms with Crippen molar-refractivity contribution in [1.82, 2.24) is 14.6 Å². The molecule has 6 nitrogen and oxygen atoms in total. The fourth-order valence-corrected chi connectivity index (χ4v) is 3.92. The van der Waals surface area contributed by atoms with Crippen LogP contribution in [0.2, 0.25) is 0 Å². The highest BCUT2D eigenvalue weighted by Crippen LogP contribution is 2.22. The minimum atomic E-state index is -3.43. The normalized spacial score (nSPS) is 17.5. The second kappa shape index (κ2) is 7.40. The first kappa shape index (κ1) is 16.5. The predicted molar refractivity (Wildman–Crippen MR) is 81.6 cm³/mol. The lowest BCUT2D eigenvalue weighted by molar-refractivity contribution is 0.0632. The molecule has 1 aromatic rings. The molecule has 1 fully saturated rings. The number of rotatable bonds is 7. The van der Waals surface area contributed by atoms with Crippen molar-refractivity contribution in [3.8, 4) is 0 Å². The zero-order valence-corrected chi connectivity index (χ0v) is 13.6. The highest BCUT2D eigenvalue weighted by atomic mass is 32.2. The molecule has 120 valence electrons. The summed E-state index contributed by atoms with van der Waals surface area (Å²) >= 11 is 0. The average Bonchev–Trinajstić information content (AvgIpc) is 2.97. The van der Waals surface area contributed by atoms with Crippen LogP contribution >= 0.6 is 0 Å². The van der Waals surface area contributed by atoms with Gasteiger partial charge in [-0.05, 0) is 31.9 Å². The molecular weight excluding hydrogens is 290 g/mol. The zero-order chi connectivity index (χ0) is 15.3. The molecule has 1 saturated heterocycles. The van der Waals surface area contributed by atoms with Crippen LogP contribution in [0.5, 0.6) is 0 Å². The van der Waals surface area contributed by atoms with Crippen molar-refractivity contribution >= 4 is 10.0 Å². The van der Waals surface area contributed by atoms with Gasteiger partial charge in [-0.15, -0.1) is 0 Å². The van der Waals surface area contributed by atoms with Gasteiger partial charge < -0.3 is 15.0 Å². The third-order valence-electron chi connectivity index (χ3n) is 3.84. The number of ether oxygens (including phenoxy) is 1. The van der Waals surface area contributed by atoms with Gasteiger partial charge in [0.2, 0.25) is 10.0 Å². The Morgan fingerprint density at radius 1 is 1.43 bits per heavy atom. The van der Waals surface area contributed by atoms with Gasteiger partial charge in [0, 0.05) is 44.7 Å². The Morgan fingerprint density at radius 2 is 2.14 bits per heavy atom. The standard InChI is InChI=1S/C14H25N3O3S/c1-3-6-15-10-12-9-14(11-16-12)21(18,19)17(2)13-4-7-20-8-5-13/h9,11,13,15-16H,3-8,10H2,1-2H3. The molecule has 0 radical (unpaired) electrons. The Kier molecular flexibility index (Phi) is 5.80. The summed E-state index contributed by atoms with van der Waals surface area (Å²) in [5.41, 5.74) is 0.891. The third kappa shape index (κ3) is 4.06. The second-order valence-electron chi connectivity index (χ2n) is 5.40. The number of nitrogens with zero attached hydrogens (tertiary/aromatic N) is 1. The molecule has 2 N–H and O–H groups in total. The molecule has 1 aromatic heterocycles. The molecule has 0 amide bonds. The molecule has 1 aliphatic rings. The van der Waals surface area contributed by atoms with Crippen LogP contribution in [0.15, 0.2) is 17.2 Å². The fraction of sp³-hybridized carbons (Fsp3) is 0.714. The van der Waals surface area contributed by atoms with Gasteiger partial charge in [0.05, 0.1) is 4.90 Å². The molecule has 2 rings (SSSR count). The van der Waals surface area contributed by atoms with Crippen LogP contribution in [0.3, 0.4) is 0 Å². The summed E-state index contributed by atoms with van der Waals surface area (Å²) in [4.78, 5) is 3.37. The lowest BCUT2D eigenvalue weighted by Gasteiger charge is -2.30. The van der Waals surface area contributed by atoms with Crippen molar-refractivity contribution < 1.29 is 13.2 Å². The minimum absolute atomic E-state index is 0.0281. The third-order valence-corrected chi connectivity index (χ3v) is 5.73. The molecule has 0 aromatic carbocycles. The van der Waals surface area contributed by atoms with E-state index in [1.165, 1.54) is 4.31 Å². The van der Waals surface area contributed by atoms with Crippen LogP contribution in [0, 0.1) is 0 Å². The monoisotopic (exact) mass is 315 g/mol. The molecule has 0 aliphatic carbocycles. The number of aromatic nitrogens is 1. The van der Waals surface area contributed by atoms with Gasteiger partial charge >= 0.3 is 0 Å². The van der Waals surface area contributed by atoms with E-state index in [-0.39, 0.29) is 6.04 Å². The topological polar surface area (TPSA) is 74.4 Å². The average molecular weight is 315 g/mol. The molecule has 21 heavy (non-hydrogen) atoms. The van der Waals surface area contributed by atoms with Crippen molar-refractivity contribution in [2.24, 2.45) is 0 Å². The Balaban J connectivity index is 2.04. The first-order valence-corrected chi connectivity index (χ1v) is 8.93. The highest BCUT2D eigenvalue weighted by molar-refractivity contribution is 7.89. The molecular formula is C14H25N3O3S. The van der Waals surface area contributed by atoms with Crippen LogP contribution in [-0.2, 0) is 21.3 Å². The van der Waals surface area contributed by atoms with Gasteiger partial charge in [0.1, 0.15) is 0 Å². The molecule has 0 bridgehead atoms. The number of H-pyrrole nitrogens is 1. The highest BCUT2D eigenvalue weighted by Gasteiger charge is 2.29. The van der Waals surface area contributed by atoms with E-state index in [2.05, 4.69) is 17.2 Å². The van der Waals surface area contributed by atoms with E-state index in [9.17, 15) is 8.42 Å². The van der Waals surface area contributed by atoms with E-state index in [0.29, 0.717) is 24.7 Å². The fourth-order valence-electron chi connectivity index (χ4n) is 2.48. The summed E-state index contributed by atoms with van der Waals surface area (Å²) in [6.45, 7) is 4.93. The molecule has 2 heterocycles. The summed E-state index contributed by atoms with van der Waals surface area (Å²) < 4.78 is 32.0. The van der Waals surface area contributed by atoms with Crippen molar-refractivity contribution in [3.05, 3.63) is 18.0 Å². The van der Waals surface area contributed by atoms with Crippen LogP contribution in [0.1, 0.15) is 31.9 Å². The molecule has 1 aliphatic heterocycles. The van der Waals surface area contributed by atoms with Crippen LogP contribution in [-0.4, -0.2) is 50.6 Å². The Hall–Kier alpha value is -0.890. The van der Waals surface area contributed by atoms with Crippen molar-refractivity contribution in [1.29, 1.82) is 0 Å². The molecule has 0 spiro atoms. The predicted octanol–water partition coefficient (Wildman–Crippen LogP) is 1.31. The van der Waals surface area contributed by atoms with Crippen molar-refractivity contribution in [3.63, 3.8) is 0 Å². The Labute approximate surface area is 126 Å². The van der Waals surface area contributed by atoms with E-state index in [1.54, 1.807) is 19.3 Å². The van der Waals surface area contributed by atoms with Crippen molar-refractivity contribution in [2.75, 3.05) is 26.8 Å². The van der Waals surface area contributed by atoms with Crippen LogP contribution in [0.25, 0.3) is 0 Å². The summed E-state index contributed by atoms with van der Waals surface area (Å²) in [5, 5.41) is 3.25. The summed E-state index contributed by atoms with van der Waals surface area (Å²) in [6.07, 6.45) is 4.14. The van der Waals surface area contributed by atoms with E-state index in [4.69, 9.17) is 4.74 Å². The Morgan fingerprint density at radius 3 is 2.81 bits per heavy atom. The number of aromatic amines is 1. The lowest BCUT2D eigenvalue weighted by atomic mass is 10.1. The maximum absolute atomic E-state index is 12.6. The SMILES string of the molecule is CCCNCc1cc(S(=O)(=O)N(C)C2CCOCC2)c[nH]1. The first-order valence-electron chi connectivity index (χ1n) is 7.49. The van der Waals surface area contributed by atoms with E-state index in [1.807, 2.05) is 0 Å². The molecule has 7 heteroatoms. The summed E-state index contributed by atoms with van der Waals surface area (Å²) in [5.74, 6) is 0. The minimum Gasteiger partial charge on any atom is -0.381 e.